The molecule has 1 heterocycles. The Bertz CT molecular complexity index is 585. The second kappa shape index (κ2) is 9.40. The van der Waals surface area contributed by atoms with Crippen molar-refractivity contribution in [2.45, 2.75) is 19.4 Å². The van der Waals surface area contributed by atoms with E-state index in [1.807, 2.05) is 42.8 Å². The first kappa shape index (κ1) is 20.4. The van der Waals surface area contributed by atoms with Gasteiger partial charge in [0.1, 0.15) is 18.2 Å². The number of aryl methyl sites for hydroxylation is 2. The molecule has 0 saturated heterocycles. The quantitative estimate of drug-likeness (QED) is 0.855. The molecule has 0 aliphatic carbocycles. The second-order valence-corrected chi connectivity index (χ2v) is 4.79. The number of hydrogen-bond donors (Lipinski definition) is 2. The van der Waals surface area contributed by atoms with Crippen LogP contribution >= 0.6 is 24.8 Å². The number of carbonyl (C=O) groups is 1. The first-order chi connectivity index (χ1) is 9.58. The molecule has 0 spiro atoms. The van der Waals surface area contributed by atoms with Crippen LogP contribution in [0.3, 0.4) is 0 Å². The van der Waals surface area contributed by atoms with Gasteiger partial charge < -0.3 is 15.6 Å². The molecular formula is C14H21Cl2N5O. The molecule has 8 heteroatoms. The van der Waals surface area contributed by atoms with Crippen LogP contribution in [0.4, 0.5) is 0 Å². The van der Waals surface area contributed by atoms with E-state index in [4.69, 9.17) is 5.73 Å². The highest BCUT2D eigenvalue weighted by atomic mass is 35.5. The van der Waals surface area contributed by atoms with Gasteiger partial charge in [0.15, 0.2) is 0 Å². The van der Waals surface area contributed by atoms with Gasteiger partial charge in [-0.25, -0.2) is 0 Å². The third kappa shape index (κ3) is 5.29. The zero-order valence-electron chi connectivity index (χ0n) is 12.5. The van der Waals surface area contributed by atoms with Crippen molar-refractivity contribution in [1.29, 1.82) is 0 Å². The van der Waals surface area contributed by atoms with E-state index >= 15 is 0 Å². The Balaban J connectivity index is 0.00000220. The fourth-order valence-electron chi connectivity index (χ4n) is 1.87. The summed E-state index contributed by atoms with van der Waals surface area (Å²) in [6, 6.07) is 7.00. The van der Waals surface area contributed by atoms with E-state index in [2.05, 4.69) is 15.5 Å². The van der Waals surface area contributed by atoms with Gasteiger partial charge in [-0.2, -0.15) is 0 Å². The van der Waals surface area contributed by atoms with Crippen LogP contribution < -0.4 is 11.1 Å². The maximum absolute atomic E-state index is 12.0. The van der Waals surface area contributed by atoms with Crippen LogP contribution in [-0.2, 0) is 18.3 Å². The second-order valence-electron chi connectivity index (χ2n) is 4.79. The normalized spacial score (nSPS) is 11.0. The van der Waals surface area contributed by atoms with Gasteiger partial charge >= 0.3 is 0 Å². The number of nitrogens with zero attached hydrogens (tertiary/aromatic N) is 3. The summed E-state index contributed by atoms with van der Waals surface area (Å²) < 4.78 is 1.83. The average Bonchev–Trinajstić information content (AvgIpc) is 2.84. The monoisotopic (exact) mass is 345 g/mol. The van der Waals surface area contributed by atoms with Crippen molar-refractivity contribution in [3.05, 3.63) is 47.5 Å². The molecule has 1 atom stereocenters. The molecule has 2 rings (SSSR count). The largest absolute Gasteiger partial charge is 0.354 e. The zero-order chi connectivity index (χ0) is 14.5. The smallest absolute Gasteiger partial charge is 0.241 e. The lowest BCUT2D eigenvalue weighted by Crippen LogP contribution is -2.35. The molecule has 1 amide bonds. The molecule has 0 radical (unpaired) electrons. The predicted octanol–water partition coefficient (Wildman–Crippen LogP) is 1.33. The minimum Gasteiger partial charge on any atom is -0.354 e. The summed E-state index contributed by atoms with van der Waals surface area (Å²) in [5.74, 6) is 0.644. The Labute approximate surface area is 142 Å². The highest BCUT2D eigenvalue weighted by Gasteiger charge is 2.15. The molecule has 1 unspecified atom stereocenters. The zero-order valence-corrected chi connectivity index (χ0v) is 14.2. The van der Waals surface area contributed by atoms with Gasteiger partial charge in [-0.1, -0.05) is 29.8 Å². The lowest BCUT2D eigenvalue weighted by atomic mass is 10.1. The fourth-order valence-corrected chi connectivity index (χ4v) is 1.87. The van der Waals surface area contributed by atoms with Gasteiger partial charge in [0, 0.05) is 20.0 Å². The van der Waals surface area contributed by atoms with E-state index in [1.54, 1.807) is 6.33 Å². The summed E-state index contributed by atoms with van der Waals surface area (Å²) in [7, 11) is 1.87. The number of nitrogens with two attached hydrogens (primary N) is 1. The Morgan fingerprint density at radius 1 is 1.32 bits per heavy atom. The lowest BCUT2D eigenvalue weighted by molar-refractivity contribution is -0.122. The highest BCUT2D eigenvalue weighted by Crippen LogP contribution is 2.11. The Kier molecular flexibility index (Phi) is 8.70. The molecule has 0 aliphatic heterocycles. The van der Waals surface area contributed by atoms with Gasteiger partial charge in [-0.3, -0.25) is 4.79 Å². The molecular weight excluding hydrogens is 325 g/mol. The van der Waals surface area contributed by atoms with Crippen LogP contribution in [0.1, 0.15) is 23.0 Å². The Morgan fingerprint density at radius 2 is 1.95 bits per heavy atom. The lowest BCUT2D eigenvalue weighted by Gasteiger charge is -2.12. The topological polar surface area (TPSA) is 85.8 Å². The Hall–Kier alpha value is -1.63. The van der Waals surface area contributed by atoms with Crippen molar-refractivity contribution in [2.75, 3.05) is 6.54 Å². The van der Waals surface area contributed by atoms with Crippen LogP contribution in [0.2, 0.25) is 0 Å². The molecule has 22 heavy (non-hydrogen) atoms. The number of aromatic nitrogens is 3. The van der Waals surface area contributed by atoms with E-state index < -0.39 is 6.04 Å². The van der Waals surface area contributed by atoms with Crippen LogP contribution in [0.5, 0.6) is 0 Å². The minimum absolute atomic E-state index is 0. The van der Waals surface area contributed by atoms with Crippen LogP contribution in [-0.4, -0.2) is 27.2 Å². The standard InChI is InChI=1S/C14H19N5O.2ClH/c1-10-3-5-11(6-4-10)13(15)14(20)16-8-7-12-18-17-9-19(12)2;;/h3-6,9,13H,7-8,15H2,1-2H3,(H,16,20);2*1H. The number of halogens is 2. The molecule has 122 valence electrons. The van der Waals surface area contributed by atoms with Gasteiger partial charge in [0.2, 0.25) is 5.91 Å². The molecule has 0 fully saturated rings. The summed E-state index contributed by atoms with van der Waals surface area (Å²) >= 11 is 0. The van der Waals surface area contributed by atoms with Crippen LogP contribution in [0.15, 0.2) is 30.6 Å². The van der Waals surface area contributed by atoms with Gasteiger partial charge in [0.05, 0.1) is 0 Å². The van der Waals surface area contributed by atoms with Crippen molar-refractivity contribution in [2.24, 2.45) is 12.8 Å². The summed E-state index contributed by atoms with van der Waals surface area (Å²) in [5, 5.41) is 10.6. The number of amides is 1. The molecule has 2 aromatic rings. The van der Waals surface area contributed by atoms with Crippen molar-refractivity contribution in [1.82, 2.24) is 20.1 Å². The number of carbonyl (C=O) groups excluding carboxylic acids is 1. The first-order valence-corrected chi connectivity index (χ1v) is 6.50. The Morgan fingerprint density at radius 3 is 2.50 bits per heavy atom. The number of rotatable bonds is 5. The van der Waals surface area contributed by atoms with Crippen LogP contribution in [0.25, 0.3) is 0 Å². The number of hydrogen-bond acceptors (Lipinski definition) is 4. The third-order valence-electron chi connectivity index (χ3n) is 3.17. The van der Waals surface area contributed by atoms with Gasteiger partial charge in [-0.05, 0) is 12.5 Å². The fraction of sp³-hybridized carbons (Fsp3) is 0.357. The van der Waals surface area contributed by atoms with E-state index in [1.165, 1.54) is 0 Å². The van der Waals surface area contributed by atoms with Crippen molar-refractivity contribution in [3.8, 4) is 0 Å². The summed E-state index contributed by atoms with van der Waals surface area (Å²) in [6.07, 6.45) is 2.26. The van der Waals surface area contributed by atoms with E-state index in [-0.39, 0.29) is 30.7 Å². The molecule has 1 aromatic carbocycles. The molecule has 0 aliphatic rings. The molecule has 1 aromatic heterocycles. The van der Waals surface area contributed by atoms with E-state index in [0.717, 1.165) is 17.0 Å². The van der Waals surface area contributed by atoms with Crippen molar-refractivity contribution >= 4 is 30.7 Å². The first-order valence-electron chi connectivity index (χ1n) is 6.50. The molecule has 3 N–H and O–H groups in total. The molecule has 0 bridgehead atoms. The molecule has 6 nitrogen and oxygen atoms in total. The van der Waals surface area contributed by atoms with Crippen molar-refractivity contribution in [3.63, 3.8) is 0 Å². The SMILES string of the molecule is Cc1ccc(C(N)C(=O)NCCc2nncn2C)cc1.Cl.Cl. The van der Waals surface area contributed by atoms with E-state index in [9.17, 15) is 4.79 Å². The predicted molar refractivity (Wildman–Crippen MR) is 90.3 cm³/mol. The number of nitrogens with one attached hydrogen (secondary N) is 1. The molecule has 0 saturated carbocycles. The summed E-state index contributed by atoms with van der Waals surface area (Å²) in [5.41, 5.74) is 7.89. The van der Waals surface area contributed by atoms with E-state index in [0.29, 0.717) is 13.0 Å². The van der Waals surface area contributed by atoms with Gasteiger partial charge in [-0.15, -0.1) is 35.0 Å². The maximum atomic E-state index is 12.0. The highest BCUT2D eigenvalue weighted by molar-refractivity contribution is 5.85. The van der Waals surface area contributed by atoms with Crippen molar-refractivity contribution < 1.29 is 4.79 Å². The van der Waals surface area contributed by atoms with Crippen LogP contribution in [0, 0.1) is 6.92 Å². The summed E-state index contributed by atoms with van der Waals surface area (Å²) in [4.78, 5) is 12.0. The summed E-state index contributed by atoms with van der Waals surface area (Å²) in [6.45, 7) is 2.49. The number of benzene rings is 1. The third-order valence-corrected chi connectivity index (χ3v) is 3.17. The average molecular weight is 346 g/mol. The maximum Gasteiger partial charge on any atom is 0.241 e. The minimum atomic E-state index is -0.643. The van der Waals surface area contributed by atoms with Gasteiger partial charge in [0.25, 0.3) is 0 Å².